The highest BCUT2D eigenvalue weighted by molar-refractivity contribution is 5.81. The molecule has 3 heterocycles. The summed E-state index contributed by atoms with van der Waals surface area (Å²) >= 11 is 0. The molecule has 1 aromatic carbocycles. The topological polar surface area (TPSA) is 71.7 Å². The van der Waals surface area contributed by atoms with Gasteiger partial charge in [-0.15, -0.1) is 0 Å². The molecular formula is C19H24N4O3. The van der Waals surface area contributed by atoms with E-state index in [9.17, 15) is 4.79 Å². The highest BCUT2D eigenvalue weighted by Crippen LogP contribution is 2.23. The second kappa shape index (κ2) is 7.45. The Hall–Kier alpha value is -2.41. The van der Waals surface area contributed by atoms with Crippen molar-refractivity contribution in [1.29, 1.82) is 0 Å². The van der Waals surface area contributed by atoms with Crippen molar-refractivity contribution in [2.75, 3.05) is 37.7 Å². The highest BCUT2D eigenvalue weighted by atomic mass is 16.5. The third-order valence-electron chi connectivity index (χ3n) is 5.06. The van der Waals surface area contributed by atoms with Crippen molar-refractivity contribution in [3.05, 3.63) is 30.2 Å². The number of piperazine rings is 1. The molecule has 0 N–H and O–H groups in total. The molecule has 1 amide bonds. The van der Waals surface area contributed by atoms with Gasteiger partial charge in [0.2, 0.25) is 11.7 Å². The molecule has 0 spiro atoms. The van der Waals surface area contributed by atoms with Crippen LogP contribution in [0, 0.1) is 0 Å². The molecule has 1 aromatic heterocycles. The van der Waals surface area contributed by atoms with E-state index in [2.05, 4.69) is 27.2 Å². The van der Waals surface area contributed by atoms with Crippen molar-refractivity contribution in [3.63, 3.8) is 0 Å². The Morgan fingerprint density at radius 1 is 1.19 bits per heavy atom. The number of aryl methyl sites for hydroxylation is 1. The van der Waals surface area contributed by atoms with Crippen LogP contribution in [0.2, 0.25) is 0 Å². The van der Waals surface area contributed by atoms with Gasteiger partial charge < -0.3 is 19.1 Å². The minimum atomic E-state index is -0.219. The van der Waals surface area contributed by atoms with Crippen molar-refractivity contribution in [3.8, 4) is 11.4 Å². The summed E-state index contributed by atoms with van der Waals surface area (Å²) < 4.78 is 10.7. The summed E-state index contributed by atoms with van der Waals surface area (Å²) in [6.07, 6.45) is 2.36. The van der Waals surface area contributed by atoms with Gasteiger partial charge in [-0.3, -0.25) is 4.79 Å². The van der Waals surface area contributed by atoms with Gasteiger partial charge in [0, 0.05) is 50.5 Å². The molecule has 4 rings (SSSR count). The summed E-state index contributed by atoms with van der Waals surface area (Å²) in [4.78, 5) is 21.0. The van der Waals surface area contributed by atoms with E-state index in [4.69, 9.17) is 9.26 Å². The molecule has 2 aromatic rings. The molecule has 0 bridgehead atoms. The van der Waals surface area contributed by atoms with Gasteiger partial charge in [-0.2, -0.15) is 4.98 Å². The molecule has 0 aliphatic carbocycles. The summed E-state index contributed by atoms with van der Waals surface area (Å²) in [5, 5.41) is 4.01. The Kier molecular flexibility index (Phi) is 4.88. The third-order valence-corrected chi connectivity index (χ3v) is 5.06. The molecule has 2 aliphatic rings. The van der Waals surface area contributed by atoms with Crippen molar-refractivity contribution in [1.82, 2.24) is 15.0 Å². The second-order valence-corrected chi connectivity index (χ2v) is 6.73. The number of benzene rings is 1. The van der Waals surface area contributed by atoms with Crippen LogP contribution in [0.15, 0.2) is 28.8 Å². The van der Waals surface area contributed by atoms with Gasteiger partial charge in [0.15, 0.2) is 0 Å². The predicted molar refractivity (Wildman–Crippen MR) is 96.9 cm³/mol. The van der Waals surface area contributed by atoms with Gasteiger partial charge in [-0.1, -0.05) is 12.1 Å². The molecule has 7 heteroatoms. The summed E-state index contributed by atoms with van der Waals surface area (Å²) in [6, 6.07) is 8.19. The van der Waals surface area contributed by atoms with Gasteiger partial charge >= 0.3 is 0 Å². The number of carbonyl (C=O) groups is 1. The van der Waals surface area contributed by atoms with Crippen LogP contribution in [0.5, 0.6) is 0 Å². The lowest BCUT2D eigenvalue weighted by molar-refractivity contribution is -0.141. The van der Waals surface area contributed by atoms with Crippen molar-refractivity contribution < 1.29 is 14.1 Å². The first kappa shape index (κ1) is 17.0. The van der Waals surface area contributed by atoms with Crippen molar-refractivity contribution in [2.45, 2.75) is 32.3 Å². The number of anilines is 1. The van der Waals surface area contributed by atoms with E-state index >= 15 is 0 Å². The third kappa shape index (κ3) is 3.44. The maximum atomic E-state index is 12.4. The smallest absolute Gasteiger partial charge is 0.251 e. The van der Waals surface area contributed by atoms with E-state index in [-0.39, 0.29) is 12.0 Å². The largest absolute Gasteiger partial charge is 0.368 e. The fourth-order valence-corrected chi connectivity index (χ4v) is 3.50. The molecular weight excluding hydrogens is 332 g/mol. The van der Waals surface area contributed by atoms with Crippen LogP contribution >= 0.6 is 0 Å². The summed E-state index contributed by atoms with van der Waals surface area (Å²) in [6.45, 7) is 5.85. The standard InChI is InChI=1S/C19H24N4O3/c1-2-17-20-18(21-26-17)14-5-7-15(8-6-14)22-9-11-23(12-10-22)19(24)16-4-3-13-25-16/h5-8,16H,2-4,9-13H2,1H3/t16-/m1/s1. The first-order valence-corrected chi connectivity index (χ1v) is 9.33. The Morgan fingerprint density at radius 2 is 1.96 bits per heavy atom. The van der Waals surface area contributed by atoms with Crippen LogP contribution in [0.3, 0.4) is 0 Å². The number of nitrogens with zero attached hydrogens (tertiary/aromatic N) is 4. The highest BCUT2D eigenvalue weighted by Gasteiger charge is 2.30. The molecule has 0 saturated carbocycles. The van der Waals surface area contributed by atoms with Crippen LogP contribution in [0.25, 0.3) is 11.4 Å². The predicted octanol–water partition coefficient (Wildman–Crippen LogP) is 2.13. The molecule has 2 saturated heterocycles. The van der Waals surface area contributed by atoms with Crippen LogP contribution in [0.4, 0.5) is 5.69 Å². The quantitative estimate of drug-likeness (QED) is 0.836. The van der Waals surface area contributed by atoms with Gasteiger partial charge in [-0.05, 0) is 37.1 Å². The van der Waals surface area contributed by atoms with E-state index in [0.29, 0.717) is 18.3 Å². The lowest BCUT2D eigenvalue weighted by Crippen LogP contribution is -2.51. The van der Waals surface area contributed by atoms with E-state index in [1.807, 2.05) is 24.0 Å². The molecule has 138 valence electrons. The summed E-state index contributed by atoms with van der Waals surface area (Å²) in [5.74, 6) is 1.43. The molecule has 2 fully saturated rings. The van der Waals surface area contributed by atoms with E-state index in [1.165, 1.54) is 0 Å². The molecule has 2 aliphatic heterocycles. The number of hydrogen-bond acceptors (Lipinski definition) is 6. The molecule has 26 heavy (non-hydrogen) atoms. The fourth-order valence-electron chi connectivity index (χ4n) is 3.50. The van der Waals surface area contributed by atoms with Gasteiger partial charge in [0.25, 0.3) is 5.91 Å². The number of carbonyl (C=O) groups excluding carboxylic acids is 1. The van der Waals surface area contributed by atoms with Gasteiger partial charge in [0.1, 0.15) is 6.10 Å². The minimum absolute atomic E-state index is 0.154. The van der Waals surface area contributed by atoms with Gasteiger partial charge in [0.05, 0.1) is 0 Å². The minimum Gasteiger partial charge on any atom is -0.368 e. The van der Waals surface area contributed by atoms with Crippen LogP contribution in [-0.2, 0) is 16.0 Å². The first-order valence-electron chi connectivity index (χ1n) is 9.33. The first-order chi connectivity index (χ1) is 12.7. The molecule has 7 nitrogen and oxygen atoms in total. The average Bonchev–Trinajstić information content (AvgIpc) is 3.40. The average molecular weight is 356 g/mol. The SMILES string of the molecule is CCc1nc(-c2ccc(N3CCN(C(=O)[C@H]4CCCO4)CC3)cc2)no1. The number of amides is 1. The zero-order chi connectivity index (χ0) is 17.9. The van der Waals surface area contributed by atoms with E-state index in [1.54, 1.807) is 0 Å². The maximum Gasteiger partial charge on any atom is 0.251 e. The van der Waals surface area contributed by atoms with E-state index < -0.39 is 0 Å². The lowest BCUT2D eigenvalue weighted by Gasteiger charge is -2.37. The Bertz CT molecular complexity index is 744. The Labute approximate surface area is 152 Å². The van der Waals surface area contributed by atoms with Crippen LogP contribution in [0.1, 0.15) is 25.7 Å². The zero-order valence-corrected chi connectivity index (χ0v) is 15.1. The van der Waals surface area contributed by atoms with Crippen molar-refractivity contribution in [2.24, 2.45) is 0 Å². The normalized spacial score (nSPS) is 20.6. The number of aromatic nitrogens is 2. The molecule has 0 radical (unpaired) electrons. The number of rotatable bonds is 4. The molecule has 1 atom stereocenters. The number of ether oxygens (including phenoxy) is 1. The number of hydrogen-bond donors (Lipinski definition) is 0. The fraction of sp³-hybridized carbons (Fsp3) is 0.526. The van der Waals surface area contributed by atoms with E-state index in [0.717, 1.165) is 56.7 Å². The van der Waals surface area contributed by atoms with Crippen LogP contribution in [-0.4, -0.2) is 59.8 Å². The van der Waals surface area contributed by atoms with Crippen LogP contribution < -0.4 is 4.90 Å². The Balaban J connectivity index is 1.36. The Morgan fingerprint density at radius 3 is 2.58 bits per heavy atom. The summed E-state index contributed by atoms with van der Waals surface area (Å²) in [7, 11) is 0. The second-order valence-electron chi connectivity index (χ2n) is 6.73. The van der Waals surface area contributed by atoms with Crippen molar-refractivity contribution >= 4 is 11.6 Å². The van der Waals surface area contributed by atoms with Gasteiger partial charge in [-0.25, -0.2) is 0 Å². The molecule has 0 unspecified atom stereocenters. The zero-order valence-electron chi connectivity index (χ0n) is 15.1. The summed E-state index contributed by atoms with van der Waals surface area (Å²) in [5.41, 5.74) is 2.10. The lowest BCUT2D eigenvalue weighted by atomic mass is 10.1. The maximum absolute atomic E-state index is 12.4. The monoisotopic (exact) mass is 356 g/mol.